The van der Waals surface area contributed by atoms with Crippen molar-refractivity contribution in [2.45, 2.75) is 6.54 Å². The average Bonchev–Trinajstić information content (AvgIpc) is 2.48. The molecule has 0 atom stereocenters. The van der Waals surface area contributed by atoms with Crippen molar-refractivity contribution in [2.75, 3.05) is 5.32 Å². The van der Waals surface area contributed by atoms with Crippen molar-refractivity contribution in [3.8, 4) is 5.75 Å². The van der Waals surface area contributed by atoms with E-state index in [1.54, 1.807) is 12.3 Å². The second-order valence-electron chi connectivity index (χ2n) is 4.04. The number of phenolic OH excluding ortho intramolecular Hbond substituents is 1. The van der Waals surface area contributed by atoms with Crippen molar-refractivity contribution in [2.24, 2.45) is 0 Å². The zero-order valence-corrected chi connectivity index (χ0v) is 10.8. The number of phenols is 1. The van der Waals surface area contributed by atoms with Crippen LogP contribution in [0.3, 0.4) is 0 Å². The molecule has 1 heterocycles. The molecule has 2 aromatic rings. The molecule has 1 aromatic carbocycles. The van der Waals surface area contributed by atoms with Crippen LogP contribution in [0.2, 0.25) is 0 Å². The highest BCUT2D eigenvalue weighted by molar-refractivity contribution is 6.00. The Labute approximate surface area is 119 Å². The number of urea groups is 1. The zero-order chi connectivity index (χ0) is 15.2. The molecule has 0 unspecified atom stereocenters. The first-order chi connectivity index (χ1) is 10.1. The first kappa shape index (κ1) is 14.3. The summed E-state index contributed by atoms with van der Waals surface area (Å²) in [6.07, 6.45) is 2.90. The van der Waals surface area contributed by atoms with Gasteiger partial charge in [0.2, 0.25) is 0 Å². The molecule has 21 heavy (non-hydrogen) atoms. The molecule has 0 fully saturated rings. The largest absolute Gasteiger partial charge is 0.508 e. The predicted molar refractivity (Wildman–Crippen MR) is 73.0 cm³/mol. The molecule has 2 rings (SSSR count). The molecule has 2 amide bonds. The Bertz CT molecular complexity index is 660. The van der Waals surface area contributed by atoms with Gasteiger partial charge in [-0.25, -0.2) is 19.6 Å². The number of aromatic nitrogens is 2. The van der Waals surface area contributed by atoms with Gasteiger partial charge in [0.25, 0.3) is 0 Å². The number of carboxylic acid groups (broad SMARTS) is 1. The summed E-state index contributed by atoms with van der Waals surface area (Å²) in [5.41, 5.74) is 0.497. The maximum Gasteiger partial charge on any atom is 0.337 e. The number of aromatic carboxylic acids is 1. The molecule has 108 valence electrons. The van der Waals surface area contributed by atoms with E-state index >= 15 is 0 Å². The highest BCUT2D eigenvalue weighted by atomic mass is 16.4. The lowest BCUT2D eigenvalue weighted by molar-refractivity contribution is 0.0697. The smallest absolute Gasteiger partial charge is 0.337 e. The van der Waals surface area contributed by atoms with Crippen LogP contribution in [0, 0.1) is 0 Å². The number of carboxylic acids is 1. The Morgan fingerprint density at radius 2 is 2.05 bits per heavy atom. The number of nitrogens with zero attached hydrogens (tertiary/aromatic N) is 2. The number of carbonyl (C=O) groups is 2. The SMILES string of the molecule is O=C(NCc1ccncn1)Nc1ccc(O)cc1C(=O)O. The minimum Gasteiger partial charge on any atom is -0.508 e. The summed E-state index contributed by atoms with van der Waals surface area (Å²) in [7, 11) is 0. The van der Waals surface area contributed by atoms with E-state index in [0.717, 1.165) is 6.07 Å². The van der Waals surface area contributed by atoms with Crippen LogP contribution in [0.4, 0.5) is 10.5 Å². The van der Waals surface area contributed by atoms with Crippen LogP contribution in [-0.4, -0.2) is 32.2 Å². The standard InChI is InChI=1S/C13H12N4O4/c18-9-1-2-11(10(5-9)12(19)20)17-13(21)15-6-8-3-4-14-7-16-8/h1-5,7,18H,6H2,(H,19,20)(H2,15,17,21). The third-order valence-electron chi connectivity index (χ3n) is 2.56. The van der Waals surface area contributed by atoms with Crippen molar-refractivity contribution in [3.63, 3.8) is 0 Å². The van der Waals surface area contributed by atoms with Crippen LogP contribution >= 0.6 is 0 Å². The van der Waals surface area contributed by atoms with Crippen LogP contribution in [0.5, 0.6) is 5.75 Å². The highest BCUT2D eigenvalue weighted by Crippen LogP contribution is 2.21. The van der Waals surface area contributed by atoms with Crippen molar-refractivity contribution >= 4 is 17.7 Å². The fraction of sp³-hybridized carbons (Fsp3) is 0.0769. The molecule has 0 spiro atoms. The van der Waals surface area contributed by atoms with Crippen LogP contribution in [0.15, 0.2) is 36.8 Å². The normalized spacial score (nSPS) is 9.90. The summed E-state index contributed by atoms with van der Waals surface area (Å²) in [6.45, 7) is 0.175. The third-order valence-corrected chi connectivity index (χ3v) is 2.56. The van der Waals surface area contributed by atoms with Gasteiger partial charge in [-0.2, -0.15) is 0 Å². The molecule has 0 saturated heterocycles. The molecule has 8 heteroatoms. The van der Waals surface area contributed by atoms with Gasteiger partial charge >= 0.3 is 12.0 Å². The van der Waals surface area contributed by atoms with Crippen LogP contribution in [-0.2, 0) is 6.54 Å². The summed E-state index contributed by atoms with van der Waals surface area (Å²) in [5, 5.41) is 23.2. The molecule has 0 bridgehead atoms. The molecule has 0 aliphatic rings. The molecular weight excluding hydrogens is 276 g/mol. The van der Waals surface area contributed by atoms with E-state index in [1.165, 1.54) is 18.5 Å². The maximum absolute atomic E-state index is 11.7. The third kappa shape index (κ3) is 3.90. The van der Waals surface area contributed by atoms with Crippen molar-refractivity contribution in [1.82, 2.24) is 15.3 Å². The quantitative estimate of drug-likeness (QED) is 0.627. The average molecular weight is 288 g/mol. The highest BCUT2D eigenvalue weighted by Gasteiger charge is 2.13. The first-order valence-corrected chi connectivity index (χ1v) is 5.92. The second kappa shape index (κ2) is 6.33. The molecule has 0 aliphatic heterocycles. The fourth-order valence-electron chi connectivity index (χ4n) is 1.58. The lowest BCUT2D eigenvalue weighted by atomic mass is 10.1. The first-order valence-electron chi connectivity index (χ1n) is 5.92. The number of amides is 2. The summed E-state index contributed by atoms with van der Waals surface area (Å²) in [4.78, 5) is 30.4. The number of hydrogen-bond donors (Lipinski definition) is 4. The summed E-state index contributed by atoms with van der Waals surface area (Å²) in [6, 6.07) is 4.71. The van der Waals surface area contributed by atoms with Crippen molar-refractivity contribution < 1.29 is 19.8 Å². The number of benzene rings is 1. The Hall–Kier alpha value is -3.16. The lowest BCUT2D eigenvalue weighted by Crippen LogP contribution is -2.29. The van der Waals surface area contributed by atoms with E-state index in [-0.39, 0.29) is 23.5 Å². The molecule has 1 aromatic heterocycles. The topological polar surface area (TPSA) is 124 Å². The van der Waals surface area contributed by atoms with Gasteiger partial charge < -0.3 is 20.8 Å². The zero-order valence-electron chi connectivity index (χ0n) is 10.8. The number of anilines is 1. The van der Waals surface area contributed by atoms with Crippen molar-refractivity contribution in [3.05, 3.63) is 48.0 Å². The van der Waals surface area contributed by atoms with E-state index < -0.39 is 12.0 Å². The molecule has 4 N–H and O–H groups in total. The van der Waals surface area contributed by atoms with Crippen molar-refractivity contribution in [1.29, 1.82) is 0 Å². The fourth-order valence-corrected chi connectivity index (χ4v) is 1.58. The minimum absolute atomic E-state index is 0.0838. The van der Waals surface area contributed by atoms with Gasteiger partial charge in [0.15, 0.2) is 0 Å². The lowest BCUT2D eigenvalue weighted by Gasteiger charge is -2.10. The Balaban J connectivity index is 2.01. The van der Waals surface area contributed by atoms with Crippen LogP contribution < -0.4 is 10.6 Å². The molecule has 0 saturated carbocycles. The van der Waals surface area contributed by atoms with Gasteiger partial charge in [-0.15, -0.1) is 0 Å². The van der Waals surface area contributed by atoms with E-state index in [2.05, 4.69) is 20.6 Å². The number of carbonyl (C=O) groups excluding carboxylic acids is 1. The van der Waals surface area contributed by atoms with Gasteiger partial charge in [-0.3, -0.25) is 0 Å². The van der Waals surface area contributed by atoms with Crippen LogP contribution in [0.25, 0.3) is 0 Å². The summed E-state index contributed by atoms with van der Waals surface area (Å²) >= 11 is 0. The van der Waals surface area contributed by atoms with Gasteiger partial charge in [-0.1, -0.05) is 0 Å². The number of nitrogens with one attached hydrogen (secondary N) is 2. The minimum atomic E-state index is -1.25. The predicted octanol–water partition coefficient (Wildman–Crippen LogP) is 1.20. The van der Waals surface area contributed by atoms with E-state index in [9.17, 15) is 14.7 Å². The van der Waals surface area contributed by atoms with Gasteiger partial charge in [-0.05, 0) is 24.3 Å². The summed E-state index contributed by atoms with van der Waals surface area (Å²) < 4.78 is 0. The molecule has 0 radical (unpaired) electrons. The molecule has 0 aliphatic carbocycles. The van der Waals surface area contributed by atoms with Gasteiger partial charge in [0, 0.05) is 6.20 Å². The molecule has 8 nitrogen and oxygen atoms in total. The van der Waals surface area contributed by atoms with E-state index in [4.69, 9.17) is 5.11 Å². The van der Waals surface area contributed by atoms with E-state index in [1.807, 2.05) is 0 Å². The van der Waals surface area contributed by atoms with Gasteiger partial charge in [0.1, 0.15) is 12.1 Å². The Morgan fingerprint density at radius 1 is 1.24 bits per heavy atom. The number of hydrogen-bond acceptors (Lipinski definition) is 5. The monoisotopic (exact) mass is 288 g/mol. The molecular formula is C13H12N4O4. The Morgan fingerprint density at radius 3 is 2.71 bits per heavy atom. The number of rotatable bonds is 4. The maximum atomic E-state index is 11.7. The second-order valence-corrected chi connectivity index (χ2v) is 4.04. The number of aromatic hydroxyl groups is 1. The van der Waals surface area contributed by atoms with E-state index in [0.29, 0.717) is 5.69 Å². The summed E-state index contributed by atoms with van der Waals surface area (Å²) in [5.74, 6) is -1.45. The van der Waals surface area contributed by atoms with Crippen LogP contribution in [0.1, 0.15) is 16.1 Å². The van der Waals surface area contributed by atoms with Gasteiger partial charge in [0.05, 0.1) is 23.5 Å². The Kier molecular flexibility index (Phi) is 4.30.